The highest BCUT2D eigenvalue weighted by Crippen LogP contribution is 2.29. The molecule has 0 aliphatic rings. The van der Waals surface area contributed by atoms with Crippen LogP contribution in [0.15, 0.2) is 15.5 Å². The lowest BCUT2D eigenvalue weighted by Gasteiger charge is -2.09. The van der Waals surface area contributed by atoms with Crippen molar-refractivity contribution in [3.05, 3.63) is 16.2 Å². The molecule has 4 nitrogen and oxygen atoms in total. The van der Waals surface area contributed by atoms with Crippen molar-refractivity contribution in [3.8, 4) is 5.88 Å². The van der Waals surface area contributed by atoms with Gasteiger partial charge >= 0.3 is 0 Å². The summed E-state index contributed by atoms with van der Waals surface area (Å²) in [5.74, 6) is 0.584. The molecular weight excluding hydrogens is 270 g/mol. The fourth-order valence-corrected chi connectivity index (χ4v) is 1.53. The maximum absolute atomic E-state index is 5.11. The molecule has 0 radical (unpaired) electrons. The zero-order valence-corrected chi connectivity index (χ0v) is 11.6. The van der Waals surface area contributed by atoms with E-state index in [2.05, 4.69) is 32.8 Å². The highest BCUT2D eigenvalue weighted by molar-refractivity contribution is 9.10. The first-order valence-corrected chi connectivity index (χ1v) is 5.83. The number of aryl methyl sites for hydroxylation is 1. The topological polar surface area (TPSA) is 37.7 Å². The summed E-state index contributed by atoms with van der Waals surface area (Å²) >= 11 is 3.39. The van der Waals surface area contributed by atoms with E-state index in [0.717, 1.165) is 22.4 Å². The molecule has 0 aliphatic carbocycles. The van der Waals surface area contributed by atoms with Crippen LogP contribution in [-0.4, -0.2) is 36.9 Å². The van der Waals surface area contributed by atoms with Gasteiger partial charge in [-0.15, -0.1) is 0 Å². The molecule has 1 rings (SSSR count). The van der Waals surface area contributed by atoms with Gasteiger partial charge in [-0.05, 0) is 35.8 Å². The van der Waals surface area contributed by atoms with E-state index in [1.807, 2.05) is 24.9 Å². The van der Waals surface area contributed by atoms with Gasteiger partial charge in [0.1, 0.15) is 0 Å². The molecule has 0 aromatic carbocycles. The molecule has 0 aliphatic heterocycles. The molecule has 1 aromatic heterocycles. The van der Waals surface area contributed by atoms with E-state index < -0.39 is 0 Å². The van der Waals surface area contributed by atoms with E-state index in [-0.39, 0.29) is 0 Å². The van der Waals surface area contributed by atoms with Crippen molar-refractivity contribution in [2.45, 2.75) is 13.8 Å². The average Bonchev–Trinajstić information content (AvgIpc) is 2.29. The van der Waals surface area contributed by atoms with Gasteiger partial charge in [-0.3, -0.25) is 0 Å². The summed E-state index contributed by atoms with van der Waals surface area (Å²) in [6.07, 6.45) is 1.79. The molecule has 0 bridgehead atoms. The van der Waals surface area contributed by atoms with Crippen molar-refractivity contribution in [2.24, 2.45) is 4.99 Å². The minimum atomic E-state index is 0.584. The third-order valence-corrected chi connectivity index (χ3v) is 2.76. The van der Waals surface area contributed by atoms with Gasteiger partial charge in [0.2, 0.25) is 5.88 Å². The van der Waals surface area contributed by atoms with Crippen LogP contribution in [0.4, 0.5) is 5.69 Å². The average molecular weight is 286 g/mol. The van der Waals surface area contributed by atoms with Gasteiger partial charge in [-0.1, -0.05) is 0 Å². The SMILES string of the molecule is CCN(C)/C=N/c1cc(Br)c(OC)nc1C. The van der Waals surface area contributed by atoms with Crippen LogP contribution in [0.2, 0.25) is 0 Å². The van der Waals surface area contributed by atoms with Crippen molar-refractivity contribution in [1.82, 2.24) is 9.88 Å². The molecule has 0 N–H and O–H groups in total. The first-order valence-electron chi connectivity index (χ1n) is 5.04. The number of aromatic nitrogens is 1. The van der Waals surface area contributed by atoms with Crippen molar-refractivity contribution < 1.29 is 4.74 Å². The van der Waals surface area contributed by atoms with Crippen LogP contribution in [0.3, 0.4) is 0 Å². The number of halogens is 1. The number of aliphatic imine (C=N–C) groups is 1. The number of hydrogen-bond acceptors (Lipinski definition) is 3. The lowest BCUT2D eigenvalue weighted by atomic mass is 10.3. The summed E-state index contributed by atoms with van der Waals surface area (Å²) in [6, 6.07) is 1.90. The third-order valence-electron chi connectivity index (χ3n) is 2.19. The van der Waals surface area contributed by atoms with Crippen LogP contribution >= 0.6 is 15.9 Å². The number of ether oxygens (including phenoxy) is 1. The highest BCUT2D eigenvalue weighted by atomic mass is 79.9. The Balaban J connectivity index is 2.98. The van der Waals surface area contributed by atoms with Crippen molar-refractivity contribution >= 4 is 28.0 Å². The van der Waals surface area contributed by atoms with E-state index in [1.165, 1.54) is 0 Å². The zero-order valence-electron chi connectivity index (χ0n) is 9.99. The Hall–Kier alpha value is -1.10. The third kappa shape index (κ3) is 3.20. The smallest absolute Gasteiger partial charge is 0.228 e. The Bertz CT molecular complexity index is 393. The van der Waals surface area contributed by atoms with Crippen LogP contribution in [0.25, 0.3) is 0 Å². The summed E-state index contributed by atoms with van der Waals surface area (Å²) in [4.78, 5) is 10.7. The molecule has 0 atom stereocenters. The van der Waals surface area contributed by atoms with Crippen LogP contribution in [0.1, 0.15) is 12.6 Å². The molecule has 0 saturated carbocycles. The maximum Gasteiger partial charge on any atom is 0.228 e. The quantitative estimate of drug-likeness (QED) is 0.631. The minimum absolute atomic E-state index is 0.584. The number of nitrogens with zero attached hydrogens (tertiary/aromatic N) is 3. The number of hydrogen-bond donors (Lipinski definition) is 0. The van der Waals surface area contributed by atoms with E-state index >= 15 is 0 Å². The van der Waals surface area contributed by atoms with Gasteiger partial charge in [-0.2, -0.15) is 0 Å². The molecule has 1 heterocycles. The van der Waals surface area contributed by atoms with Crippen LogP contribution in [0.5, 0.6) is 5.88 Å². The summed E-state index contributed by atoms with van der Waals surface area (Å²) in [5.41, 5.74) is 1.69. The second-order valence-corrected chi connectivity index (χ2v) is 4.26. The molecular formula is C11H16BrN3O. The van der Waals surface area contributed by atoms with E-state index in [4.69, 9.17) is 4.74 Å². The zero-order chi connectivity index (χ0) is 12.1. The predicted molar refractivity (Wildman–Crippen MR) is 69.7 cm³/mol. The Labute approximate surface area is 104 Å². The van der Waals surface area contributed by atoms with Crippen molar-refractivity contribution in [3.63, 3.8) is 0 Å². The maximum atomic E-state index is 5.11. The molecule has 16 heavy (non-hydrogen) atoms. The van der Waals surface area contributed by atoms with Crippen LogP contribution in [0, 0.1) is 6.92 Å². The normalized spacial score (nSPS) is 10.8. The van der Waals surface area contributed by atoms with Crippen molar-refractivity contribution in [2.75, 3.05) is 20.7 Å². The van der Waals surface area contributed by atoms with Gasteiger partial charge in [0, 0.05) is 13.6 Å². The van der Waals surface area contributed by atoms with Crippen molar-refractivity contribution in [1.29, 1.82) is 0 Å². The Morgan fingerprint density at radius 2 is 2.31 bits per heavy atom. The summed E-state index contributed by atoms with van der Waals surface area (Å²) in [7, 11) is 3.57. The lowest BCUT2D eigenvalue weighted by molar-refractivity contribution is 0.394. The van der Waals surface area contributed by atoms with Crippen LogP contribution in [-0.2, 0) is 0 Å². The lowest BCUT2D eigenvalue weighted by Crippen LogP contribution is -2.14. The van der Waals surface area contributed by atoms with Crippen LogP contribution < -0.4 is 4.74 Å². The fourth-order valence-electron chi connectivity index (χ4n) is 1.07. The second kappa shape index (κ2) is 5.84. The van der Waals surface area contributed by atoms with E-state index in [0.29, 0.717) is 5.88 Å². The van der Waals surface area contributed by atoms with Gasteiger partial charge in [0.15, 0.2) is 0 Å². The first kappa shape index (κ1) is 13.0. The summed E-state index contributed by atoms with van der Waals surface area (Å²) < 4.78 is 5.92. The summed E-state index contributed by atoms with van der Waals surface area (Å²) in [6.45, 7) is 4.90. The molecule has 1 aromatic rings. The van der Waals surface area contributed by atoms with Gasteiger partial charge in [-0.25, -0.2) is 9.98 Å². The predicted octanol–water partition coefficient (Wildman–Crippen LogP) is 2.77. The number of rotatable bonds is 4. The Kier molecular flexibility index (Phi) is 4.73. The molecule has 0 amide bonds. The Morgan fingerprint density at radius 1 is 1.62 bits per heavy atom. The van der Waals surface area contributed by atoms with E-state index in [9.17, 15) is 0 Å². The standard InChI is InChI=1S/C11H16BrN3O/c1-5-15(3)7-13-10-6-9(12)11(16-4)14-8(10)2/h6-7H,5H2,1-4H3/b13-7+. The first-order chi connectivity index (χ1) is 7.58. The van der Waals surface area contributed by atoms with E-state index in [1.54, 1.807) is 13.4 Å². The molecule has 0 fully saturated rings. The second-order valence-electron chi connectivity index (χ2n) is 3.40. The highest BCUT2D eigenvalue weighted by Gasteiger charge is 2.06. The Morgan fingerprint density at radius 3 is 2.88 bits per heavy atom. The molecule has 0 spiro atoms. The van der Waals surface area contributed by atoms with Gasteiger partial charge < -0.3 is 9.64 Å². The molecule has 0 saturated heterocycles. The minimum Gasteiger partial charge on any atom is -0.480 e. The number of pyridine rings is 1. The van der Waals surface area contributed by atoms with Gasteiger partial charge in [0.05, 0.1) is 29.3 Å². The molecule has 5 heteroatoms. The number of methoxy groups -OCH3 is 1. The van der Waals surface area contributed by atoms with Gasteiger partial charge in [0.25, 0.3) is 0 Å². The largest absolute Gasteiger partial charge is 0.480 e. The monoisotopic (exact) mass is 285 g/mol. The molecule has 0 unspecified atom stereocenters. The summed E-state index contributed by atoms with van der Waals surface area (Å²) in [5, 5.41) is 0. The molecule has 88 valence electrons. The fraction of sp³-hybridized carbons (Fsp3) is 0.455.